The Morgan fingerprint density at radius 1 is 0.633 bits per heavy atom. The van der Waals surface area contributed by atoms with Gasteiger partial charge in [0.2, 0.25) is 11.8 Å². The highest BCUT2D eigenvalue weighted by molar-refractivity contribution is 8.76. The van der Waals surface area contributed by atoms with Crippen LogP contribution in [-0.2, 0) is 22.6 Å². The van der Waals surface area contributed by atoms with Gasteiger partial charge in [0.05, 0.1) is 18.8 Å². The number of β-amino-alcohol motifs (C(OH)–C–C–N with tert-alkyl or cyclic N) is 2. The summed E-state index contributed by atoms with van der Waals surface area (Å²) in [5.74, 6) is 2.20. The molecule has 1 aromatic heterocycles. The van der Waals surface area contributed by atoms with Crippen molar-refractivity contribution in [2.24, 2.45) is 0 Å². The molecule has 2 fully saturated rings. The normalized spacial score (nSPS) is 16.7. The Balaban J connectivity index is 0.768. The number of amides is 2. The van der Waals surface area contributed by atoms with E-state index < -0.39 is 0 Å². The van der Waals surface area contributed by atoms with Crippen molar-refractivity contribution in [3.05, 3.63) is 125 Å². The zero-order valence-electron chi connectivity index (χ0n) is 35.3. The van der Waals surface area contributed by atoms with Crippen molar-refractivity contribution >= 4 is 69.1 Å². The van der Waals surface area contributed by atoms with Crippen LogP contribution in [0.4, 0.5) is 11.4 Å². The second-order valence-electron chi connectivity index (χ2n) is 16.0. The first-order valence-corrected chi connectivity index (χ1v) is 23.9. The van der Waals surface area contributed by atoms with Crippen LogP contribution in [0, 0.1) is 0 Å². The highest BCUT2D eigenvalue weighted by Gasteiger charge is 2.21. The zero-order valence-corrected chi connectivity index (χ0v) is 36.9. The first kappa shape index (κ1) is 45.0. The Kier molecular flexibility index (Phi) is 17.6. The smallest absolute Gasteiger partial charge is 0.222 e. The molecule has 3 aromatic carbocycles. The molecule has 3 heterocycles. The molecular formula is C49H62N5O4S2+. The van der Waals surface area contributed by atoms with Crippen LogP contribution in [-0.4, -0.2) is 109 Å². The number of rotatable bonds is 21. The number of nitrogens with zero attached hydrogens (tertiary/aromatic N) is 5. The lowest BCUT2D eigenvalue weighted by Gasteiger charge is -2.17. The third-order valence-corrected chi connectivity index (χ3v) is 13.9. The van der Waals surface area contributed by atoms with Crippen LogP contribution in [0.3, 0.4) is 0 Å². The number of aromatic nitrogens is 1. The van der Waals surface area contributed by atoms with Gasteiger partial charge in [0, 0.05) is 94.7 Å². The third kappa shape index (κ3) is 14.6. The van der Waals surface area contributed by atoms with E-state index in [2.05, 4.69) is 136 Å². The van der Waals surface area contributed by atoms with Crippen LogP contribution in [0.25, 0.3) is 24.3 Å². The lowest BCUT2D eigenvalue weighted by Crippen LogP contribution is -2.40. The lowest BCUT2D eigenvalue weighted by atomic mass is 10.1. The average molecular weight is 849 g/mol. The molecular weight excluding hydrogens is 787 g/mol. The Bertz CT molecular complexity index is 1850. The standard InChI is InChI=1S/C49H62N5O4S2/c1-50(28-23-42-12-9-39(10-13-42)7-8-40-15-19-44(20-16-40)53-31-26-46(55)37-53)48(57)5-3-35-59-60-36-4-6-49(58)51(2)33-34-52-29-24-43(25-30-52)14-11-41-17-21-45(22-18-41)54-32-27-47(56)38-54/h7-22,24-25,29-30,46-47,55-56H,3-6,23,26-28,31-38H2,1-2H3/q+1/b8-7+. The quantitative estimate of drug-likeness (QED) is 0.0385. The second-order valence-corrected chi connectivity index (χ2v) is 18.7. The van der Waals surface area contributed by atoms with Gasteiger partial charge in [0.1, 0.15) is 0 Å². The van der Waals surface area contributed by atoms with E-state index in [-0.39, 0.29) is 24.0 Å². The molecule has 2 saturated heterocycles. The maximum Gasteiger partial charge on any atom is 0.222 e. The monoisotopic (exact) mass is 848 g/mol. The van der Waals surface area contributed by atoms with Crippen LogP contribution < -0.4 is 14.4 Å². The number of carbonyl (C=O) groups excluding carboxylic acids is 2. The molecule has 318 valence electrons. The van der Waals surface area contributed by atoms with Gasteiger partial charge < -0.3 is 29.8 Å². The Morgan fingerprint density at radius 2 is 1.05 bits per heavy atom. The Morgan fingerprint density at radius 3 is 1.48 bits per heavy atom. The number of benzene rings is 3. The van der Waals surface area contributed by atoms with E-state index >= 15 is 0 Å². The molecule has 0 aliphatic carbocycles. The second kappa shape index (κ2) is 23.4. The lowest BCUT2D eigenvalue weighted by molar-refractivity contribution is -0.696. The molecule has 9 nitrogen and oxygen atoms in total. The van der Waals surface area contributed by atoms with Gasteiger partial charge in [0.15, 0.2) is 18.9 Å². The predicted molar refractivity (Wildman–Crippen MR) is 252 cm³/mol. The molecule has 4 aromatic rings. The summed E-state index contributed by atoms with van der Waals surface area (Å²) in [6.07, 6.45) is 17.4. The molecule has 2 aliphatic heterocycles. The van der Waals surface area contributed by atoms with Gasteiger partial charge in [-0.1, -0.05) is 94.4 Å². The number of anilines is 2. The third-order valence-electron chi connectivity index (χ3n) is 11.3. The highest BCUT2D eigenvalue weighted by Crippen LogP contribution is 2.25. The molecule has 0 radical (unpaired) electrons. The molecule has 11 heteroatoms. The molecule has 0 saturated carbocycles. The Labute approximate surface area is 365 Å². The maximum absolute atomic E-state index is 12.7. The summed E-state index contributed by atoms with van der Waals surface area (Å²) in [5.41, 5.74) is 8.07. The summed E-state index contributed by atoms with van der Waals surface area (Å²) in [7, 11) is 7.36. The number of aliphatic hydroxyl groups is 2. The van der Waals surface area contributed by atoms with Crippen LogP contribution in [0.2, 0.25) is 0 Å². The summed E-state index contributed by atoms with van der Waals surface area (Å²) in [6.45, 7) is 5.33. The zero-order chi connectivity index (χ0) is 42.1. The fourth-order valence-corrected chi connectivity index (χ4v) is 9.50. The Hall–Kier alpha value is -4.55. The summed E-state index contributed by atoms with van der Waals surface area (Å²) in [5, 5.41) is 19.6. The van der Waals surface area contributed by atoms with Gasteiger partial charge in [0.25, 0.3) is 0 Å². The fourth-order valence-electron chi connectivity index (χ4n) is 7.33. The topological polar surface area (TPSA) is 91.4 Å². The van der Waals surface area contributed by atoms with Crippen LogP contribution in [0.1, 0.15) is 66.3 Å². The number of pyridine rings is 1. The summed E-state index contributed by atoms with van der Waals surface area (Å²) in [4.78, 5) is 33.6. The number of carbonyl (C=O) groups is 2. The first-order chi connectivity index (χ1) is 29.2. The van der Waals surface area contributed by atoms with E-state index in [0.29, 0.717) is 39.0 Å². The number of aliphatic hydroxyl groups excluding tert-OH is 2. The van der Waals surface area contributed by atoms with Gasteiger partial charge in [-0.3, -0.25) is 9.59 Å². The van der Waals surface area contributed by atoms with Crippen molar-refractivity contribution in [3.8, 4) is 0 Å². The van der Waals surface area contributed by atoms with Crippen LogP contribution in [0.15, 0.2) is 97.3 Å². The van der Waals surface area contributed by atoms with E-state index in [4.69, 9.17) is 0 Å². The SMILES string of the molecule is CN(CCc1ccc(/C=C/c2ccc(N3CCC(O)C3)cc2)cc1)C(=O)CCCSSCCCC(=O)N(C)CC[n+]1ccc(/C=C/c2ccc(N3CCC(O)C3)cc2)cc1. The highest BCUT2D eigenvalue weighted by atomic mass is 33.1. The minimum Gasteiger partial charge on any atom is -0.391 e. The number of likely N-dealkylation sites (N-methyl/N-ethyl adjacent to an activating group) is 2. The van der Waals surface area contributed by atoms with Crippen molar-refractivity contribution in [3.63, 3.8) is 0 Å². The van der Waals surface area contributed by atoms with Gasteiger partial charge in [-0.05, 0) is 84.2 Å². The number of hydrogen-bond donors (Lipinski definition) is 2. The fraction of sp³-hybridized carbons (Fsp3) is 0.408. The molecule has 2 unspecified atom stereocenters. The summed E-state index contributed by atoms with van der Waals surface area (Å²) in [6, 6.07) is 29.7. The van der Waals surface area contributed by atoms with E-state index in [9.17, 15) is 19.8 Å². The van der Waals surface area contributed by atoms with E-state index in [1.165, 1.54) is 5.56 Å². The molecule has 6 rings (SSSR count). The molecule has 2 N–H and O–H groups in total. The summed E-state index contributed by atoms with van der Waals surface area (Å²) >= 11 is 0. The van der Waals surface area contributed by atoms with Crippen molar-refractivity contribution in [1.29, 1.82) is 0 Å². The summed E-state index contributed by atoms with van der Waals surface area (Å²) < 4.78 is 2.11. The van der Waals surface area contributed by atoms with Crippen LogP contribution in [0.5, 0.6) is 0 Å². The predicted octanol–water partition coefficient (Wildman–Crippen LogP) is 7.56. The molecule has 0 bridgehead atoms. The minimum atomic E-state index is -0.224. The molecule has 2 atom stereocenters. The van der Waals surface area contributed by atoms with Gasteiger partial charge in [-0.15, -0.1) is 0 Å². The van der Waals surface area contributed by atoms with Crippen molar-refractivity contribution in [2.45, 2.75) is 63.7 Å². The number of hydrogen-bond acceptors (Lipinski definition) is 8. The van der Waals surface area contributed by atoms with Gasteiger partial charge >= 0.3 is 0 Å². The molecule has 2 aliphatic rings. The van der Waals surface area contributed by atoms with Crippen molar-refractivity contribution < 1.29 is 24.4 Å². The molecule has 2 amide bonds. The van der Waals surface area contributed by atoms with Crippen LogP contribution >= 0.6 is 21.6 Å². The first-order valence-electron chi connectivity index (χ1n) is 21.4. The van der Waals surface area contributed by atoms with Crippen molar-refractivity contribution in [2.75, 3.05) is 74.7 Å². The maximum atomic E-state index is 12.7. The van der Waals surface area contributed by atoms with Gasteiger partial charge in [-0.2, -0.15) is 0 Å². The minimum absolute atomic E-state index is 0.173. The van der Waals surface area contributed by atoms with Gasteiger partial charge in [-0.25, -0.2) is 4.57 Å². The van der Waals surface area contributed by atoms with E-state index in [1.807, 2.05) is 23.9 Å². The largest absolute Gasteiger partial charge is 0.391 e. The molecule has 0 spiro atoms. The van der Waals surface area contributed by atoms with Crippen molar-refractivity contribution in [1.82, 2.24) is 9.80 Å². The van der Waals surface area contributed by atoms with E-state index in [1.54, 1.807) is 21.6 Å². The molecule has 60 heavy (non-hydrogen) atoms. The average Bonchev–Trinajstić information content (AvgIpc) is 3.92. The van der Waals surface area contributed by atoms with E-state index in [0.717, 1.165) is 96.9 Å².